The molecule has 0 unspecified atom stereocenters. The zero-order chi connectivity index (χ0) is 9.90. The van der Waals surface area contributed by atoms with E-state index in [0.29, 0.717) is 0 Å². The fourth-order valence-electron chi connectivity index (χ4n) is 2.16. The van der Waals surface area contributed by atoms with E-state index in [0.717, 1.165) is 31.6 Å². The van der Waals surface area contributed by atoms with Gasteiger partial charge >= 0.3 is 0 Å². The highest BCUT2D eigenvalue weighted by atomic mass is 32.2. The second-order valence-corrected chi connectivity index (χ2v) is 5.87. The van der Waals surface area contributed by atoms with E-state index in [9.17, 15) is 8.42 Å². The van der Waals surface area contributed by atoms with Crippen molar-refractivity contribution in [1.82, 2.24) is 0 Å². The van der Waals surface area contributed by atoms with Crippen molar-refractivity contribution in [2.75, 3.05) is 0 Å². The number of hydrogen-bond donors (Lipinski definition) is 1. The molecule has 0 amide bonds. The molecule has 13 heavy (non-hydrogen) atoms. The van der Waals surface area contributed by atoms with Gasteiger partial charge in [-0.05, 0) is 31.6 Å². The molecule has 0 heterocycles. The molecule has 3 nitrogen and oxygen atoms in total. The van der Waals surface area contributed by atoms with Crippen molar-refractivity contribution in [3.8, 4) is 0 Å². The van der Waals surface area contributed by atoms with E-state index >= 15 is 0 Å². The van der Waals surface area contributed by atoms with Crippen LogP contribution in [0, 0.1) is 5.92 Å². The van der Waals surface area contributed by atoms with Crippen LogP contribution in [0.4, 0.5) is 0 Å². The highest BCUT2D eigenvalue weighted by Crippen LogP contribution is 2.30. The Morgan fingerprint density at radius 3 is 2.15 bits per heavy atom. The molecule has 1 aliphatic rings. The lowest BCUT2D eigenvalue weighted by atomic mass is 9.86. The molecule has 1 saturated carbocycles. The van der Waals surface area contributed by atoms with Crippen LogP contribution in [-0.4, -0.2) is 13.7 Å². The Morgan fingerprint density at radius 2 is 1.77 bits per heavy atom. The minimum atomic E-state index is -3.26. The summed E-state index contributed by atoms with van der Waals surface area (Å²) >= 11 is 0. The first-order valence-corrected chi connectivity index (χ1v) is 6.66. The zero-order valence-corrected chi connectivity index (χ0v) is 9.02. The van der Waals surface area contributed by atoms with Crippen molar-refractivity contribution >= 4 is 10.0 Å². The first kappa shape index (κ1) is 11.0. The summed E-state index contributed by atoms with van der Waals surface area (Å²) in [7, 11) is -3.26. The maximum absolute atomic E-state index is 11.0. The molecule has 0 spiro atoms. The number of primary sulfonamides is 1. The van der Waals surface area contributed by atoms with Gasteiger partial charge in [-0.25, -0.2) is 13.6 Å². The van der Waals surface area contributed by atoms with Gasteiger partial charge in [-0.3, -0.25) is 0 Å². The van der Waals surface area contributed by atoms with Crippen LogP contribution in [0.5, 0.6) is 0 Å². The third-order valence-corrected chi connectivity index (χ3v) is 4.36. The number of sulfonamides is 1. The van der Waals surface area contributed by atoms with Crippen LogP contribution in [-0.2, 0) is 10.0 Å². The Labute approximate surface area is 80.8 Å². The van der Waals surface area contributed by atoms with Gasteiger partial charge in [0, 0.05) is 0 Å². The second kappa shape index (κ2) is 4.42. The molecule has 1 rings (SSSR count). The molecule has 1 aliphatic carbocycles. The average molecular weight is 205 g/mol. The van der Waals surface area contributed by atoms with Crippen molar-refractivity contribution in [2.24, 2.45) is 11.1 Å². The van der Waals surface area contributed by atoms with E-state index in [1.807, 2.05) is 0 Å². The van der Waals surface area contributed by atoms with Gasteiger partial charge in [0.2, 0.25) is 10.0 Å². The van der Waals surface area contributed by atoms with Crippen LogP contribution in [0.25, 0.3) is 0 Å². The summed E-state index contributed by atoms with van der Waals surface area (Å²) in [6.07, 6.45) is 6.04. The lowest BCUT2D eigenvalue weighted by Crippen LogP contribution is -2.32. The quantitative estimate of drug-likeness (QED) is 0.761. The highest BCUT2D eigenvalue weighted by Gasteiger charge is 2.27. The van der Waals surface area contributed by atoms with E-state index in [1.165, 1.54) is 12.8 Å². The average Bonchev–Trinajstić information content (AvgIpc) is 2.04. The molecule has 2 N–H and O–H groups in total. The van der Waals surface area contributed by atoms with Gasteiger partial charge in [0.25, 0.3) is 0 Å². The van der Waals surface area contributed by atoms with Gasteiger partial charge in [0.15, 0.2) is 0 Å². The van der Waals surface area contributed by atoms with Crippen LogP contribution in [0.1, 0.15) is 45.4 Å². The maximum atomic E-state index is 11.0. The molecule has 0 aliphatic heterocycles. The van der Waals surface area contributed by atoms with Gasteiger partial charge in [-0.2, -0.15) is 0 Å². The highest BCUT2D eigenvalue weighted by molar-refractivity contribution is 7.89. The lowest BCUT2D eigenvalue weighted by Gasteiger charge is -2.26. The zero-order valence-electron chi connectivity index (χ0n) is 8.20. The number of hydrogen-bond acceptors (Lipinski definition) is 2. The largest absolute Gasteiger partial charge is 0.228 e. The molecule has 78 valence electrons. The van der Waals surface area contributed by atoms with Crippen LogP contribution in [0.2, 0.25) is 0 Å². The standard InChI is InChI=1S/C9H19NO2S/c1-2-3-8-4-6-9(7-5-8)13(10,11)12/h8-9H,2-7H2,1H3,(H2,10,11,12). The molecule has 0 bridgehead atoms. The van der Waals surface area contributed by atoms with E-state index in [1.54, 1.807) is 0 Å². The molecule has 0 atom stereocenters. The van der Waals surface area contributed by atoms with Crippen molar-refractivity contribution in [3.05, 3.63) is 0 Å². The van der Waals surface area contributed by atoms with E-state index < -0.39 is 10.0 Å². The van der Waals surface area contributed by atoms with Crippen molar-refractivity contribution in [2.45, 2.75) is 50.7 Å². The minimum Gasteiger partial charge on any atom is -0.228 e. The fraction of sp³-hybridized carbons (Fsp3) is 1.00. The normalized spacial score (nSPS) is 30.3. The SMILES string of the molecule is CCCC1CCC(S(N)(=O)=O)CC1. The topological polar surface area (TPSA) is 60.2 Å². The Balaban J connectivity index is 2.39. The van der Waals surface area contributed by atoms with Crippen LogP contribution in [0.15, 0.2) is 0 Å². The van der Waals surface area contributed by atoms with Gasteiger partial charge < -0.3 is 0 Å². The number of nitrogens with two attached hydrogens (primary N) is 1. The van der Waals surface area contributed by atoms with Crippen LogP contribution < -0.4 is 5.14 Å². The van der Waals surface area contributed by atoms with Crippen molar-refractivity contribution in [1.29, 1.82) is 0 Å². The minimum absolute atomic E-state index is 0.263. The molecule has 1 fully saturated rings. The summed E-state index contributed by atoms with van der Waals surface area (Å²) in [4.78, 5) is 0. The van der Waals surface area contributed by atoms with Crippen molar-refractivity contribution < 1.29 is 8.42 Å². The van der Waals surface area contributed by atoms with Gasteiger partial charge in [-0.1, -0.05) is 19.8 Å². The molecule has 0 aromatic carbocycles. The third kappa shape index (κ3) is 3.27. The summed E-state index contributed by atoms with van der Waals surface area (Å²) in [5.74, 6) is 0.739. The molecule has 0 aromatic heterocycles. The third-order valence-electron chi connectivity index (χ3n) is 2.96. The van der Waals surface area contributed by atoms with Crippen LogP contribution in [0.3, 0.4) is 0 Å². The van der Waals surface area contributed by atoms with Gasteiger partial charge in [-0.15, -0.1) is 0 Å². The number of rotatable bonds is 3. The van der Waals surface area contributed by atoms with Crippen LogP contribution >= 0.6 is 0 Å². The Hall–Kier alpha value is -0.0900. The fourth-order valence-corrected chi connectivity index (χ4v) is 3.09. The Kier molecular flexibility index (Phi) is 3.74. The molecule has 0 aromatic rings. The van der Waals surface area contributed by atoms with Gasteiger partial charge in [0.05, 0.1) is 5.25 Å². The Morgan fingerprint density at radius 1 is 1.23 bits per heavy atom. The lowest BCUT2D eigenvalue weighted by molar-refractivity contribution is 0.336. The summed E-state index contributed by atoms with van der Waals surface area (Å²) < 4.78 is 22.1. The van der Waals surface area contributed by atoms with E-state index in [2.05, 4.69) is 6.92 Å². The first-order valence-electron chi connectivity index (χ1n) is 5.05. The molecule has 4 heteroatoms. The first-order chi connectivity index (χ1) is 6.04. The molecule has 0 saturated heterocycles. The molecular formula is C9H19NO2S. The molecular weight excluding hydrogens is 186 g/mol. The predicted molar refractivity (Wildman–Crippen MR) is 53.8 cm³/mol. The summed E-state index contributed by atoms with van der Waals surface area (Å²) in [5.41, 5.74) is 0. The Bertz CT molecular complexity index is 240. The maximum Gasteiger partial charge on any atom is 0.211 e. The van der Waals surface area contributed by atoms with E-state index in [-0.39, 0.29) is 5.25 Å². The smallest absolute Gasteiger partial charge is 0.211 e. The summed E-state index contributed by atoms with van der Waals surface area (Å²) in [6, 6.07) is 0. The van der Waals surface area contributed by atoms with Gasteiger partial charge in [0.1, 0.15) is 0 Å². The van der Waals surface area contributed by atoms with E-state index in [4.69, 9.17) is 5.14 Å². The summed E-state index contributed by atoms with van der Waals surface area (Å²) in [6.45, 7) is 2.17. The predicted octanol–water partition coefficient (Wildman–Crippen LogP) is 1.63. The monoisotopic (exact) mass is 205 g/mol. The second-order valence-electron chi connectivity index (χ2n) is 4.02. The summed E-state index contributed by atoms with van der Waals surface area (Å²) in [5, 5.41) is 4.84. The molecule has 0 radical (unpaired) electrons. The van der Waals surface area contributed by atoms with Crippen molar-refractivity contribution in [3.63, 3.8) is 0 Å².